The van der Waals surface area contributed by atoms with Crippen LogP contribution >= 0.6 is 28.3 Å². The average Bonchev–Trinajstić information content (AvgIpc) is 2.47. The highest BCUT2D eigenvalue weighted by molar-refractivity contribution is 9.10. The largest absolute Gasteiger partial charge is 0.380 e. The van der Waals surface area contributed by atoms with Crippen LogP contribution in [0.1, 0.15) is 12.0 Å². The van der Waals surface area contributed by atoms with Crippen LogP contribution in [0.4, 0.5) is 4.39 Å². The minimum atomic E-state index is -0.345. The van der Waals surface area contributed by atoms with E-state index in [2.05, 4.69) is 22.5 Å². The summed E-state index contributed by atoms with van der Waals surface area (Å²) in [6.07, 6.45) is 1.44. The van der Waals surface area contributed by atoms with Crippen LogP contribution in [0, 0.1) is 5.82 Å². The van der Waals surface area contributed by atoms with Crippen LogP contribution in [-0.2, 0) is 16.1 Å². The standard InChI is InChI=1S/C15H20BrFN2O2.ClH/c1-3-6-19(15(20)8-13(9-18)21-2)10-11-7-12(16)4-5-14(11)17;/h3-5,7,13H,1,6,8-10,18H2,2H3;1H. The van der Waals surface area contributed by atoms with E-state index in [1.54, 1.807) is 18.2 Å². The number of carbonyl (C=O) groups is 1. The molecule has 1 aromatic carbocycles. The summed E-state index contributed by atoms with van der Waals surface area (Å²) in [5.74, 6) is -0.492. The molecule has 1 rings (SSSR count). The van der Waals surface area contributed by atoms with Crippen LogP contribution in [0.5, 0.6) is 0 Å². The van der Waals surface area contributed by atoms with Gasteiger partial charge in [-0.25, -0.2) is 4.39 Å². The third kappa shape index (κ3) is 6.44. The molecular weight excluding hydrogens is 375 g/mol. The Morgan fingerprint density at radius 2 is 2.27 bits per heavy atom. The molecule has 0 bridgehead atoms. The Balaban J connectivity index is 0.00000441. The quantitative estimate of drug-likeness (QED) is 0.689. The number of benzene rings is 1. The highest BCUT2D eigenvalue weighted by Gasteiger charge is 2.19. The van der Waals surface area contributed by atoms with Crippen molar-refractivity contribution in [2.45, 2.75) is 19.1 Å². The van der Waals surface area contributed by atoms with Gasteiger partial charge in [0, 0.05) is 36.8 Å². The monoisotopic (exact) mass is 394 g/mol. The second kappa shape index (κ2) is 10.7. The van der Waals surface area contributed by atoms with E-state index in [-0.39, 0.29) is 49.7 Å². The molecule has 0 aliphatic carbocycles. The van der Waals surface area contributed by atoms with Crippen molar-refractivity contribution in [1.29, 1.82) is 0 Å². The van der Waals surface area contributed by atoms with Gasteiger partial charge in [0.05, 0.1) is 12.5 Å². The maximum absolute atomic E-state index is 13.8. The normalized spacial score (nSPS) is 11.5. The average molecular weight is 396 g/mol. The smallest absolute Gasteiger partial charge is 0.225 e. The molecule has 4 nitrogen and oxygen atoms in total. The number of nitrogens with two attached hydrogens (primary N) is 1. The fourth-order valence-corrected chi connectivity index (χ4v) is 2.28. The lowest BCUT2D eigenvalue weighted by Crippen LogP contribution is -2.36. The van der Waals surface area contributed by atoms with Gasteiger partial charge in [0.15, 0.2) is 0 Å². The number of amides is 1. The Labute approximate surface area is 145 Å². The van der Waals surface area contributed by atoms with Crippen LogP contribution in [-0.4, -0.2) is 37.1 Å². The second-order valence-corrected chi connectivity index (χ2v) is 5.51. The summed E-state index contributed by atoms with van der Waals surface area (Å²) in [5.41, 5.74) is 5.97. The van der Waals surface area contributed by atoms with E-state index in [4.69, 9.17) is 10.5 Å². The van der Waals surface area contributed by atoms with Gasteiger partial charge in [0.2, 0.25) is 5.91 Å². The Morgan fingerprint density at radius 1 is 1.59 bits per heavy atom. The fourth-order valence-electron chi connectivity index (χ4n) is 1.87. The zero-order chi connectivity index (χ0) is 15.8. The first-order valence-electron chi connectivity index (χ1n) is 6.57. The van der Waals surface area contributed by atoms with E-state index in [1.165, 1.54) is 18.1 Å². The van der Waals surface area contributed by atoms with Crippen LogP contribution in [0.2, 0.25) is 0 Å². The van der Waals surface area contributed by atoms with Crippen molar-refractivity contribution < 1.29 is 13.9 Å². The topological polar surface area (TPSA) is 55.6 Å². The molecule has 124 valence electrons. The van der Waals surface area contributed by atoms with E-state index in [0.29, 0.717) is 12.1 Å². The van der Waals surface area contributed by atoms with Gasteiger partial charge in [-0.1, -0.05) is 22.0 Å². The first kappa shape index (κ1) is 21.0. The van der Waals surface area contributed by atoms with E-state index in [9.17, 15) is 9.18 Å². The number of carbonyl (C=O) groups excluding carboxylic acids is 1. The Morgan fingerprint density at radius 3 is 2.82 bits per heavy atom. The number of hydrogen-bond acceptors (Lipinski definition) is 3. The van der Waals surface area contributed by atoms with E-state index in [1.807, 2.05) is 0 Å². The maximum Gasteiger partial charge on any atom is 0.225 e. The lowest BCUT2D eigenvalue weighted by atomic mass is 10.1. The van der Waals surface area contributed by atoms with Gasteiger partial charge >= 0.3 is 0 Å². The molecule has 0 aliphatic heterocycles. The van der Waals surface area contributed by atoms with E-state index in [0.717, 1.165) is 4.47 Å². The predicted molar refractivity (Wildman–Crippen MR) is 91.4 cm³/mol. The molecule has 1 amide bonds. The zero-order valence-electron chi connectivity index (χ0n) is 12.4. The summed E-state index contributed by atoms with van der Waals surface area (Å²) in [5, 5.41) is 0. The third-order valence-corrected chi connectivity index (χ3v) is 3.56. The molecule has 0 radical (unpaired) electrons. The van der Waals surface area contributed by atoms with Crippen LogP contribution < -0.4 is 5.73 Å². The molecule has 0 saturated heterocycles. The van der Waals surface area contributed by atoms with Gasteiger partial charge in [-0.05, 0) is 18.2 Å². The molecule has 0 heterocycles. The third-order valence-electron chi connectivity index (χ3n) is 3.07. The minimum Gasteiger partial charge on any atom is -0.380 e. The number of halogens is 3. The first-order valence-corrected chi connectivity index (χ1v) is 7.36. The number of nitrogens with zero attached hydrogens (tertiary/aromatic N) is 1. The molecule has 0 fully saturated rings. The van der Waals surface area contributed by atoms with Gasteiger partial charge in [-0.15, -0.1) is 19.0 Å². The van der Waals surface area contributed by atoms with Crippen LogP contribution in [0.3, 0.4) is 0 Å². The van der Waals surface area contributed by atoms with Gasteiger partial charge < -0.3 is 15.4 Å². The van der Waals surface area contributed by atoms with Gasteiger partial charge in [-0.3, -0.25) is 4.79 Å². The SMILES string of the molecule is C=CCN(Cc1cc(Br)ccc1F)C(=O)CC(CN)OC.Cl. The second-order valence-electron chi connectivity index (χ2n) is 4.60. The van der Waals surface area contributed by atoms with Crippen LogP contribution in [0.25, 0.3) is 0 Å². The van der Waals surface area contributed by atoms with Crippen molar-refractivity contribution in [1.82, 2.24) is 4.90 Å². The predicted octanol–water partition coefficient (Wildman–Crippen LogP) is 2.89. The fraction of sp³-hybridized carbons (Fsp3) is 0.400. The Bertz CT molecular complexity index is 498. The molecule has 0 spiro atoms. The first-order chi connectivity index (χ1) is 10.0. The minimum absolute atomic E-state index is 0. The molecular formula is C15H21BrClFN2O2. The van der Waals surface area contributed by atoms with Crippen molar-refractivity contribution in [3.05, 3.63) is 46.7 Å². The van der Waals surface area contributed by atoms with E-state index < -0.39 is 0 Å². The Kier molecular flexibility index (Phi) is 10.3. The van der Waals surface area contributed by atoms with Gasteiger partial charge in [-0.2, -0.15) is 0 Å². The summed E-state index contributed by atoms with van der Waals surface area (Å²) in [4.78, 5) is 13.8. The molecule has 7 heteroatoms. The molecule has 1 aromatic rings. The lowest BCUT2D eigenvalue weighted by molar-refractivity contribution is -0.133. The van der Waals surface area contributed by atoms with Crippen molar-refractivity contribution >= 4 is 34.2 Å². The molecule has 1 unspecified atom stereocenters. The van der Waals surface area contributed by atoms with Gasteiger partial charge in [0.1, 0.15) is 5.82 Å². The molecule has 0 aliphatic rings. The Hall–Kier alpha value is -0.950. The van der Waals surface area contributed by atoms with Crippen LogP contribution in [0.15, 0.2) is 35.3 Å². The summed E-state index contributed by atoms with van der Waals surface area (Å²) < 4.78 is 19.7. The van der Waals surface area contributed by atoms with Crippen molar-refractivity contribution in [3.8, 4) is 0 Å². The summed E-state index contributed by atoms with van der Waals surface area (Å²) in [6, 6.07) is 4.65. The lowest BCUT2D eigenvalue weighted by Gasteiger charge is -2.23. The highest BCUT2D eigenvalue weighted by Crippen LogP contribution is 2.18. The molecule has 2 N–H and O–H groups in total. The molecule has 22 heavy (non-hydrogen) atoms. The number of methoxy groups -OCH3 is 1. The summed E-state index contributed by atoms with van der Waals surface area (Å²) >= 11 is 3.30. The van der Waals surface area contributed by atoms with E-state index >= 15 is 0 Å². The summed E-state index contributed by atoms with van der Waals surface area (Å²) in [7, 11) is 1.51. The maximum atomic E-state index is 13.8. The number of ether oxygens (including phenoxy) is 1. The molecule has 1 atom stereocenters. The zero-order valence-corrected chi connectivity index (χ0v) is 14.8. The van der Waals surface area contributed by atoms with Crippen molar-refractivity contribution in [3.63, 3.8) is 0 Å². The van der Waals surface area contributed by atoms with Crippen molar-refractivity contribution in [2.75, 3.05) is 20.2 Å². The summed E-state index contributed by atoms with van der Waals surface area (Å²) in [6.45, 7) is 4.41. The number of rotatable bonds is 8. The molecule has 0 aromatic heterocycles. The van der Waals surface area contributed by atoms with Gasteiger partial charge in [0.25, 0.3) is 0 Å². The van der Waals surface area contributed by atoms with Crippen molar-refractivity contribution in [2.24, 2.45) is 5.73 Å². The highest BCUT2D eigenvalue weighted by atomic mass is 79.9. The number of hydrogen-bond donors (Lipinski definition) is 1. The molecule has 0 saturated carbocycles.